The van der Waals surface area contributed by atoms with Crippen LogP contribution in [0.3, 0.4) is 0 Å². The normalized spacial score (nSPS) is 16.5. The molecule has 0 amide bonds. The number of aromatic amines is 1. The molecule has 1 heterocycles. The second-order valence-corrected chi connectivity index (χ2v) is 5.13. The van der Waals surface area contributed by atoms with Gasteiger partial charge in [0.1, 0.15) is 0 Å². The summed E-state index contributed by atoms with van der Waals surface area (Å²) in [4.78, 5) is 34.8. The third-order valence-corrected chi connectivity index (χ3v) is 3.97. The molecule has 19 heavy (non-hydrogen) atoms. The van der Waals surface area contributed by atoms with E-state index in [1.165, 1.54) is 4.68 Å². The van der Waals surface area contributed by atoms with Crippen molar-refractivity contribution in [1.29, 1.82) is 0 Å². The van der Waals surface area contributed by atoms with Crippen LogP contribution in [0.5, 0.6) is 5.75 Å². The predicted molar refractivity (Wildman–Crippen MR) is 69.3 cm³/mol. The number of aromatic nitrogens is 2. The molecule has 1 aliphatic rings. The van der Waals surface area contributed by atoms with Gasteiger partial charge in [0.15, 0.2) is 5.75 Å². The lowest BCUT2D eigenvalue weighted by atomic mass is 9.93. The van der Waals surface area contributed by atoms with Gasteiger partial charge < -0.3 is 5.11 Å². The topological polar surface area (TPSA) is 92.2 Å². The lowest BCUT2D eigenvalue weighted by Crippen LogP contribution is -2.33. The zero-order valence-electron chi connectivity index (χ0n) is 10.5. The average molecular weight is 262 g/mol. The van der Waals surface area contributed by atoms with Crippen molar-refractivity contribution in [3.05, 3.63) is 36.5 Å². The van der Waals surface area contributed by atoms with Gasteiger partial charge in [-0.25, -0.2) is 0 Å². The van der Waals surface area contributed by atoms with Crippen LogP contribution in [-0.2, 0) is 7.05 Å². The summed E-state index contributed by atoms with van der Waals surface area (Å²) in [5.74, 6) is -0.395. The fourth-order valence-electron chi connectivity index (χ4n) is 2.93. The maximum absolute atomic E-state index is 12.1. The molecule has 100 valence electrons. The molecule has 0 aliphatic heterocycles. The van der Waals surface area contributed by atoms with Gasteiger partial charge in [0.2, 0.25) is 5.43 Å². The van der Waals surface area contributed by atoms with Gasteiger partial charge in [-0.15, -0.1) is 0 Å². The van der Waals surface area contributed by atoms with E-state index in [9.17, 15) is 19.5 Å². The molecule has 2 aromatic rings. The first-order valence-corrected chi connectivity index (χ1v) is 6.34. The molecular weight excluding hydrogens is 248 g/mol. The van der Waals surface area contributed by atoms with Crippen molar-refractivity contribution in [2.45, 2.75) is 31.6 Å². The number of nitrogens with zero attached hydrogens (tertiary/aromatic N) is 1. The van der Waals surface area contributed by atoms with E-state index in [1.807, 2.05) is 0 Å². The van der Waals surface area contributed by atoms with Gasteiger partial charge in [0.05, 0.1) is 11.1 Å². The summed E-state index contributed by atoms with van der Waals surface area (Å²) < 4.78 is 1.29. The lowest BCUT2D eigenvalue weighted by molar-refractivity contribution is 0.465. The molecule has 0 unspecified atom stereocenters. The molecule has 0 bridgehead atoms. The van der Waals surface area contributed by atoms with Crippen molar-refractivity contribution in [3.63, 3.8) is 0 Å². The van der Waals surface area contributed by atoms with Crippen LogP contribution in [0.4, 0.5) is 0 Å². The van der Waals surface area contributed by atoms with Gasteiger partial charge in [-0.05, 0) is 12.8 Å². The van der Waals surface area contributed by atoms with Gasteiger partial charge in [0.25, 0.3) is 11.0 Å². The van der Waals surface area contributed by atoms with E-state index in [1.54, 1.807) is 7.05 Å². The van der Waals surface area contributed by atoms with Gasteiger partial charge in [-0.3, -0.25) is 24.2 Å². The average Bonchev–Trinajstić information content (AvgIpc) is 3.01. The summed E-state index contributed by atoms with van der Waals surface area (Å²) in [7, 11) is 1.56. The summed E-state index contributed by atoms with van der Waals surface area (Å²) in [5.41, 5.74) is -1.31. The third kappa shape index (κ3) is 1.52. The molecule has 6 heteroatoms. The zero-order chi connectivity index (χ0) is 13.7. The summed E-state index contributed by atoms with van der Waals surface area (Å²) in [6.45, 7) is 0. The van der Waals surface area contributed by atoms with Gasteiger partial charge >= 0.3 is 0 Å². The SMILES string of the molecule is Cn1[nH]c(C2CCCC2)c(-c2c(O)c(=O)c2=O)c1=O. The Balaban J connectivity index is 2.23. The Bertz CT molecular complexity index is 768. The molecule has 6 nitrogen and oxygen atoms in total. The minimum atomic E-state index is -0.907. The predicted octanol–water partition coefficient (Wildman–Crippen LogP) is 0.340. The molecular formula is C13H14N2O4. The van der Waals surface area contributed by atoms with E-state index in [-0.39, 0.29) is 22.6 Å². The fourth-order valence-corrected chi connectivity index (χ4v) is 2.93. The lowest BCUT2D eigenvalue weighted by Gasteiger charge is -2.10. The number of nitrogens with one attached hydrogen (secondary N) is 1. The molecule has 0 atom stereocenters. The van der Waals surface area contributed by atoms with Crippen molar-refractivity contribution in [2.24, 2.45) is 7.05 Å². The van der Waals surface area contributed by atoms with Gasteiger partial charge in [0, 0.05) is 18.7 Å². The van der Waals surface area contributed by atoms with E-state index in [0.717, 1.165) is 25.7 Å². The number of rotatable bonds is 2. The first-order chi connectivity index (χ1) is 9.02. The molecule has 0 saturated heterocycles. The van der Waals surface area contributed by atoms with Crippen molar-refractivity contribution < 1.29 is 5.11 Å². The smallest absolute Gasteiger partial charge is 0.274 e. The van der Waals surface area contributed by atoms with Crippen LogP contribution < -0.4 is 16.4 Å². The van der Waals surface area contributed by atoms with Crippen LogP contribution in [0.15, 0.2) is 14.4 Å². The van der Waals surface area contributed by atoms with E-state index in [0.29, 0.717) is 5.69 Å². The van der Waals surface area contributed by atoms with Crippen LogP contribution in [0.25, 0.3) is 11.1 Å². The van der Waals surface area contributed by atoms with Crippen molar-refractivity contribution in [3.8, 4) is 16.9 Å². The monoisotopic (exact) mass is 262 g/mol. The van der Waals surface area contributed by atoms with Gasteiger partial charge in [-0.1, -0.05) is 12.8 Å². The Labute approximate surface area is 108 Å². The molecule has 2 N–H and O–H groups in total. The Hall–Kier alpha value is -2.11. The van der Waals surface area contributed by atoms with E-state index in [4.69, 9.17) is 0 Å². The summed E-state index contributed by atoms with van der Waals surface area (Å²) in [6, 6.07) is 0. The Kier molecular flexibility index (Phi) is 2.48. The Morgan fingerprint density at radius 2 is 1.74 bits per heavy atom. The standard InChI is InChI=1S/C13H14N2O4/c1-15-13(19)7(8-10(16)12(18)11(8)17)9(14-15)6-4-2-3-5-6/h6,14,16H,2-5H2,1H3. The molecule has 3 rings (SSSR count). The first-order valence-electron chi connectivity index (χ1n) is 6.34. The van der Waals surface area contributed by atoms with Crippen LogP contribution in [0.2, 0.25) is 0 Å². The number of aromatic hydroxyl groups is 1. The highest BCUT2D eigenvalue weighted by Crippen LogP contribution is 2.37. The molecule has 1 aromatic heterocycles. The first kappa shape index (κ1) is 12.0. The van der Waals surface area contributed by atoms with Gasteiger partial charge in [-0.2, -0.15) is 0 Å². The van der Waals surface area contributed by atoms with E-state index in [2.05, 4.69) is 5.10 Å². The maximum Gasteiger partial charge on any atom is 0.274 e. The maximum atomic E-state index is 12.1. The molecule has 1 aromatic carbocycles. The van der Waals surface area contributed by atoms with Crippen LogP contribution in [0.1, 0.15) is 37.3 Å². The van der Waals surface area contributed by atoms with Crippen molar-refractivity contribution >= 4 is 0 Å². The zero-order valence-corrected chi connectivity index (χ0v) is 10.5. The highest BCUT2D eigenvalue weighted by molar-refractivity contribution is 5.75. The van der Waals surface area contributed by atoms with Crippen LogP contribution in [-0.4, -0.2) is 14.9 Å². The fraction of sp³-hybridized carbons (Fsp3) is 0.462. The molecule has 1 saturated carbocycles. The minimum absolute atomic E-state index is 0.117. The van der Waals surface area contributed by atoms with Crippen molar-refractivity contribution in [1.82, 2.24) is 9.78 Å². The Morgan fingerprint density at radius 1 is 1.11 bits per heavy atom. The van der Waals surface area contributed by atoms with Crippen molar-refractivity contribution in [2.75, 3.05) is 0 Å². The molecule has 0 radical (unpaired) electrons. The highest BCUT2D eigenvalue weighted by Gasteiger charge is 2.31. The molecule has 0 spiro atoms. The Morgan fingerprint density at radius 3 is 2.32 bits per heavy atom. The summed E-state index contributed by atoms with van der Waals surface area (Å²) >= 11 is 0. The highest BCUT2D eigenvalue weighted by atomic mass is 16.3. The second kappa shape index (κ2) is 3.94. The molecule has 1 fully saturated rings. The molecule has 1 aliphatic carbocycles. The third-order valence-electron chi connectivity index (χ3n) is 3.97. The second-order valence-electron chi connectivity index (χ2n) is 5.13. The number of aryl methyl sites for hydroxylation is 1. The number of hydrogen-bond acceptors (Lipinski definition) is 4. The number of hydrogen-bond donors (Lipinski definition) is 2. The van der Waals surface area contributed by atoms with E-state index >= 15 is 0 Å². The minimum Gasteiger partial charge on any atom is -0.503 e. The largest absolute Gasteiger partial charge is 0.503 e. The van der Waals surface area contributed by atoms with E-state index < -0.39 is 16.6 Å². The number of H-pyrrole nitrogens is 1. The summed E-state index contributed by atoms with van der Waals surface area (Å²) in [6.07, 6.45) is 4.06. The van der Waals surface area contributed by atoms with Crippen LogP contribution >= 0.6 is 0 Å². The quantitative estimate of drug-likeness (QED) is 0.763. The summed E-state index contributed by atoms with van der Waals surface area (Å²) in [5, 5.41) is 12.5. The van der Waals surface area contributed by atoms with Crippen LogP contribution in [0, 0.1) is 0 Å².